The van der Waals surface area contributed by atoms with Gasteiger partial charge in [-0.25, -0.2) is 0 Å². The van der Waals surface area contributed by atoms with E-state index >= 15 is 0 Å². The Kier molecular flexibility index (Phi) is 4.04. The summed E-state index contributed by atoms with van der Waals surface area (Å²) in [6.07, 6.45) is 0. The molecule has 1 aromatic carbocycles. The predicted molar refractivity (Wildman–Crippen MR) is 80.7 cm³/mol. The van der Waals surface area contributed by atoms with Gasteiger partial charge in [-0.2, -0.15) is 0 Å². The molecule has 5 heteroatoms. The van der Waals surface area contributed by atoms with E-state index in [4.69, 9.17) is 0 Å². The Labute approximate surface area is 119 Å². The topological polar surface area (TPSA) is 32.3 Å². The fourth-order valence-corrected chi connectivity index (χ4v) is 2.57. The number of anilines is 2. The Morgan fingerprint density at radius 3 is 2.72 bits per heavy atom. The van der Waals surface area contributed by atoms with E-state index in [1.54, 1.807) is 0 Å². The summed E-state index contributed by atoms with van der Waals surface area (Å²) in [5.74, 6) is -0.0776. The van der Waals surface area contributed by atoms with Crippen LogP contribution in [0.2, 0.25) is 0 Å². The molecule has 0 saturated heterocycles. The normalized spacial score (nSPS) is 10.2. The van der Waals surface area contributed by atoms with Crippen LogP contribution in [-0.2, 0) is 0 Å². The molecule has 1 heterocycles. The third kappa shape index (κ3) is 2.91. The minimum Gasteiger partial charge on any atom is -0.376 e. The van der Waals surface area contributed by atoms with E-state index < -0.39 is 0 Å². The number of halogens is 1. The van der Waals surface area contributed by atoms with Crippen molar-refractivity contribution in [3.05, 3.63) is 45.1 Å². The standard InChI is InChI=1S/C13H13BrN2OS/c1-16(2)11-6-5-9(14)8-10(11)15-13(17)12-4-3-7-18-12/h3-8H,1-2H3,(H,15,17). The minimum absolute atomic E-state index is 0.0776. The average Bonchev–Trinajstić information content (AvgIpc) is 2.81. The van der Waals surface area contributed by atoms with Crippen molar-refractivity contribution in [3.8, 4) is 0 Å². The third-order valence-corrected chi connectivity index (χ3v) is 3.80. The van der Waals surface area contributed by atoms with Gasteiger partial charge in [0.15, 0.2) is 0 Å². The molecule has 0 unspecified atom stereocenters. The number of carbonyl (C=O) groups excluding carboxylic acids is 1. The molecule has 0 bridgehead atoms. The molecular formula is C13H13BrN2OS. The second-order valence-corrected chi connectivity index (χ2v) is 5.85. The summed E-state index contributed by atoms with van der Waals surface area (Å²) in [5.41, 5.74) is 1.77. The molecule has 0 radical (unpaired) electrons. The van der Waals surface area contributed by atoms with Gasteiger partial charge in [0.1, 0.15) is 0 Å². The molecule has 18 heavy (non-hydrogen) atoms. The molecule has 0 aliphatic carbocycles. The number of hydrogen-bond donors (Lipinski definition) is 1. The Balaban J connectivity index is 2.28. The summed E-state index contributed by atoms with van der Waals surface area (Å²) in [6.45, 7) is 0. The summed E-state index contributed by atoms with van der Waals surface area (Å²) in [5, 5.41) is 4.83. The fraction of sp³-hybridized carbons (Fsp3) is 0.154. The Hall–Kier alpha value is -1.33. The number of carbonyl (C=O) groups is 1. The summed E-state index contributed by atoms with van der Waals surface area (Å²) in [4.78, 5) is 14.7. The number of hydrogen-bond acceptors (Lipinski definition) is 3. The molecule has 0 atom stereocenters. The largest absolute Gasteiger partial charge is 0.376 e. The van der Waals surface area contributed by atoms with Gasteiger partial charge in [0.05, 0.1) is 16.3 Å². The van der Waals surface area contributed by atoms with Gasteiger partial charge in [0.2, 0.25) is 0 Å². The maximum absolute atomic E-state index is 12.0. The van der Waals surface area contributed by atoms with Crippen molar-refractivity contribution in [2.75, 3.05) is 24.3 Å². The summed E-state index contributed by atoms with van der Waals surface area (Å²) in [7, 11) is 3.90. The van der Waals surface area contributed by atoms with Crippen LogP contribution in [0.3, 0.4) is 0 Å². The van der Waals surface area contributed by atoms with Gasteiger partial charge in [-0.15, -0.1) is 11.3 Å². The van der Waals surface area contributed by atoms with E-state index in [-0.39, 0.29) is 5.91 Å². The molecule has 1 N–H and O–H groups in total. The highest BCUT2D eigenvalue weighted by Gasteiger charge is 2.11. The van der Waals surface area contributed by atoms with E-state index in [0.29, 0.717) is 4.88 Å². The highest BCUT2D eigenvalue weighted by Crippen LogP contribution is 2.28. The van der Waals surface area contributed by atoms with Gasteiger partial charge >= 0.3 is 0 Å². The van der Waals surface area contributed by atoms with Crippen LogP contribution in [0.1, 0.15) is 9.67 Å². The molecule has 0 spiro atoms. The monoisotopic (exact) mass is 324 g/mol. The van der Waals surface area contributed by atoms with Crippen LogP contribution in [0.4, 0.5) is 11.4 Å². The molecule has 3 nitrogen and oxygen atoms in total. The Bertz CT molecular complexity index is 552. The fourth-order valence-electron chi connectivity index (χ4n) is 1.59. The van der Waals surface area contributed by atoms with E-state index in [9.17, 15) is 4.79 Å². The first-order valence-corrected chi connectivity index (χ1v) is 7.07. The summed E-state index contributed by atoms with van der Waals surface area (Å²) >= 11 is 4.85. The van der Waals surface area contributed by atoms with Crippen LogP contribution in [-0.4, -0.2) is 20.0 Å². The van der Waals surface area contributed by atoms with Gasteiger partial charge in [-0.3, -0.25) is 4.79 Å². The van der Waals surface area contributed by atoms with Crippen molar-refractivity contribution < 1.29 is 4.79 Å². The van der Waals surface area contributed by atoms with Gasteiger partial charge < -0.3 is 10.2 Å². The zero-order valence-electron chi connectivity index (χ0n) is 10.1. The van der Waals surface area contributed by atoms with Crippen LogP contribution in [0, 0.1) is 0 Å². The molecule has 2 aromatic rings. The lowest BCUT2D eigenvalue weighted by molar-refractivity contribution is 0.103. The number of nitrogens with one attached hydrogen (secondary N) is 1. The quantitative estimate of drug-likeness (QED) is 0.930. The van der Waals surface area contributed by atoms with Crippen molar-refractivity contribution in [1.29, 1.82) is 0 Å². The molecule has 94 valence electrons. The van der Waals surface area contributed by atoms with Crippen LogP contribution in [0.5, 0.6) is 0 Å². The first-order chi connectivity index (χ1) is 8.58. The molecule has 0 saturated carbocycles. The van der Waals surface area contributed by atoms with Gasteiger partial charge in [0.25, 0.3) is 5.91 Å². The second kappa shape index (κ2) is 5.54. The molecule has 0 fully saturated rings. The summed E-state index contributed by atoms with van der Waals surface area (Å²) < 4.78 is 0.939. The van der Waals surface area contributed by atoms with E-state index in [0.717, 1.165) is 15.8 Å². The lowest BCUT2D eigenvalue weighted by atomic mass is 10.2. The average molecular weight is 325 g/mol. The number of amides is 1. The zero-order valence-corrected chi connectivity index (χ0v) is 12.5. The van der Waals surface area contributed by atoms with E-state index in [1.165, 1.54) is 11.3 Å². The summed E-state index contributed by atoms with van der Waals surface area (Å²) in [6, 6.07) is 9.51. The van der Waals surface area contributed by atoms with Crippen LogP contribution in [0.25, 0.3) is 0 Å². The van der Waals surface area contributed by atoms with Crippen LogP contribution >= 0.6 is 27.3 Å². The molecule has 1 amide bonds. The third-order valence-electron chi connectivity index (χ3n) is 2.43. The smallest absolute Gasteiger partial charge is 0.265 e. The van der Waals surface area contributed by atoms with Crippen LogP contribution < -0.4 is 10.2 Å². The SMILES string of the molecule is CN(C)c1ccc(Br)cc1NC(=O)c1cccs1. The van der Waals surface area contributed by atoms with E-state index in [2.05, 4.69) is 21.2 Å². The van der Waals surface area contributed by atoms with E-state index in [1.807, 2.05) is 54.7 Å². The number of benzene rings is 1. The lowest BCUT2D eigenvalue weighted by Crippen LogP contribution is -2.16. The molecular weight excluding hydrogens is 312 g/mol. The Morgan fingerprint density at radius 2 is 2.11 bits per heavy atom. The zero-order chi connectivity index (χ0) is 13.1. The number of rotatable bonds is 3. The predicted octanol–water partition coefficient (Wildman–Crippen LogP) is 3.83. The molecule has 1 aromatic heterocycles. The second-order valence-electron chi connectivity index (χ2n) is 3.99. The highest BCUT2D eigenvalue weighted by molar-refractivity contribution is 9.10. The number of thiophene rings is 1. The lowest BCUT2D eigenvalue weighted by Gasteiger charge is -2.18. The van der Waals surface area contributed by atoms with Gasteiger partial charge in [-0.05, 0) is 29.6 Å². The Morgan fingerprint density at radius 1 is 1.33 bits per heavy atom. The van der Waals surface area contributed by atoms with Crippen molar-refractivity contribution in [3.63, 3.8) is 0 Å². The maximum atomic E-state index is 12.0. The van der Waals surface area contributed by atoms with Gasteiger partial charge in [-0.1, -0.05) is 22.0 Å². The number of nitrogens with zero attached hydrogens (tertiary/aromatic N) is 1. The minimum atomic E-state index is -0.0776. The van der Waals surface area contributed by atoms with Crippen molar-refractivity contribution in [2.45, 2.75) is 0 Å². The van der Waals surface area contributed by atoms with Crippen molar-refractivity contribution in [1.82, 2.24) is 0 Å². The van der Waals surface area contributed by atoms with Gasteiger partial charge in [0, 0.05) is 18.6 Å². The first kappa shape index (κ1) is 13.1. The van der Waals surface area contributed by atoms with Crippen LogP contribution in [0.15, 0.2) is 40.2 Å². The first-order valence-electron chi connectivity index (χ1n) is 5.39. The maximum Gasteiger partial charge on any atom is 0.265 e. The molecule has 0 aliphatic heterocycles. The molecule has 2 rings (SSSR count). The van der Waals surface area contributed by atoms with Crippen molar-refractivity contribution >= 4 is 44.5 Å². The highest BCUT2D eigenvalue weighted by atomic mass is 79.9. The van der Waals surface area contributed by atoms with Crippen molar-refractivity contribution in [2.24, 2.45) is 0 Å². The molecule has 0 aliphatic rings.